The van der Waals surface area contributed by atoms with Gasteiger partial charge >= 0.3 is 0 Å². The van der Waals surface area contributed by atoms with Gasteiger partial charge in [-0.05, 0) is 13.2 Å². The molecule has 0 N–H and O–H groups in total. The number of thioether (sulfide) groups is 1. The molecule has 0 saturated heterocycles. The van der Waals surface area contributed by atoms with E-state index in [1.165, 1.54) is 11.8 Å². The third kappa shape index (κ3) is 4.15. The van der Waals surface area contributed by atoms with E-state index < -0.39 is 0 Å². The first-order valence-corrected chi connectivity index (χ1v) is 5.12. The van der Waals surface area contributed by atoms with Crippen LogP contribution in [-0.4, -0.2) is 43.1 Å². The molecule has 0 aliphatic carbocycles. The Morgan fingerprint density at radius 3 is 2.77 bits per heavy atom. The van der Waals surface area contributed by atoms with Crippen molar-refractivity contribution in [2.24, 2.45) is 4.99 Å². The lowest BCUT2D eigenvalue weighted by atomic mass is 10.3. The van der Waals surface area contributed by atoms with Gasteiger partial charge in [0, 0.05) is 14.2 Å². The van der Waals surface area contributed by atoms with Gasteiger partial charge in [-0.3, -0.25) is 0 Å². The molecule has 0 aliphatic rings. The van der Waals surface area contributed by atoms with Crippen LogP contribution in [0.1, 0.15) is 6.92 Å². The van der Waals surface area contributed by atoms with Gasteiger partial charge in [-0.1, -0.05) is 11.8 Å². The predicted molar refractivity (Wildman–Crippen MR) is 55.7 cm³/mol. The zero-order valence-electron chi connectivity index (χ0n) is 8.44. The van der Waals surface area contributed by atoms with Crippen LogP contribution in [0, 0.1) is 11.5 Å². The summed E-state index contributed by atoms with van der Waals surface area (Å²) in [6, 6.07) is 0.226. The van der Waals surface area contributed by atoms with E-state index in [9.17, 15) is 0 Å². The molecule has 1 unspecified atom stereocenters. The summed E-state index contributed by atoms with van der Waals surface area (Å²) in [5.74, 6) is 0. The molecule has 0 rings (SSSR count). The largest absolute Gasteiger partial charge is 0.383 e. The maximum atomic E-state index is 8.42. The third-order valence-electron chi connectivity index (χ3n) is 1.70. The molecule has 5 heteroatoms. The Morgan fingerprint density at radius 2 is 2.38 bits per heavy atom. The van der Waals surface area contributed by atoms with Crippen LogP contribution >= 0.6 is 11.8 Å². The highest BCUT2D eigenvalue weighted by molar-refractivity contribution is 8.13. The third-order valence-corrected chi connectivity index (χ3v) is 2.44. The molecule has 0 bridgehead atoms. The number of aliphatic imine (C=N–C) groups is 1. The van der Waals surface area contributed by atoms with Gasteiger partial charge < -0.3 is 9.64 Å². The number of nitriles is 1. The minimum absolute atomic E-state index is 0.226. The number of hydrogen-bond acceptors (Lipinski definition) is 4. The highest BCUT2D eigenvalue weighted by Crippen LogP contribution is 2.07. The number of rotatable bonds is 3. The topological polar surface area (TPSA) is 48.6 Å². The van der Waals surface area contributed by atoms with Crippen molar-refractivity contribution in [3.8, 4) is 6.19 Å². The van der Waals surface area contributed by atoms with E-state index in [0.29, 0.717) is 11.8 Å². The molecule has 0 fully saturated rings. The fourth-order valence-electron chi connectivity index (χ4n) is 0.853. The van der Waals surface area contributed by atoms with E-state index >= 15 is 0 Å². The number of likely N-dealkylation sites (N-methyl/N-ethyl adjacent to an activating group) is 1. The maximum Gasteiger partial charge on any atom is 0.208 e. The van der Waals surface area contributed by atoms with Gasteiger partial charge in [0.25, 0.3) is 0 Å². The van der Waals surface area contributed by atoms with Crippen LogP contribution in [0.25, 0.3) is 0 Å². The fourth-order valence-corrected chi connectivity index (χ4v) is 1.45. The second kappa shape index (κ2) is 6.75. The summed E-state index contributed by atoms with van der Waals surface area (Å²) in [5.41, 5.74) is 0. The Morgan fingerprint density at radius 1 is 1.77 bits per heavy atom. The number of nitrogens with zero attached hydrogens (tertiary/aromatic N) is 3. The molecule has 0 amide bonds. The Bertz CT molecular complexity index is 212. The lowest BCUT2D eigenvalue weighted by molar-refractivity contribution is 0.147. The highest BCUT2D eigenvalue weighted by atomic mass is 32.2. The van der Waals surface area contributed by atoms with Crippen LogP contribution in [0.5, 0.6) is 0 Å². The van der Waals surface area contributed by atoms with Crippen LogP contribution in [-0.2, 0) is 4.74 Å². The first-order chi connectivity index (χ1) is 6.17. The van der Waals surface area contributed by atoms with Crippen LogP contribution in [0.3, 0.4) is 0 Å². The fraction of sp³-hybridized carbons (Fsp3) is 0.750. The Labute approximate surface area is 83.6 Å². The normalized spacial score (nSPS) is 13.6. The van der Waals surface area contributed by atoms with Crippen LogP contribution < -0.4 is 0 Å². The summed E-state index contributed by atoms with van der Waals surface area (Å²) in [6.07, 6.45) is 3.68. The Hall–Kier alpha value is -0.730. The summed E-state index contributed by atoms with van der Waals surface area (Å²) in [6.45, 7) is 2.65. The van der Waals surface area contributed by atoms with E-state index in [-0.39, 0.29) is 6.04 Å². The van der Waals surface area contributed by atoms with Gasteiger partial charge in [-0.2, -0.15) is 5.26 Å². The van der Waals surface area contributed by atoms with Crippen molar-refractivity contribution in [3.05, 3.63) is 0 Å². The van der Waals surface area contributed by atoms with Gasteiger partial charge in [-0.25, -0.2) is 0 Å². The van der Waals surface area contributed by atoms with Crippen molar-refractivity contribution >= 4 is 16.9 Å². The van der Waals surface area contributed by atoms with Crippen LogP contribution in [0.15, 0.2) is 4.99 Å². The predicted octanol–water partition coefficient (Wildman–Crippen LogP) is 1.15. The summed E-state index contributed by atoms with van der Waals surface area (Å²) >= 11 is 1.45. The molecule has 0 spiro atoms. The second-order valence-corrected chi connectivity index (χ2v) is 3.39. The molecule has 74 valence electrons. The molecule has 0 heterocycles. The van der Waals surface area contributed by atoms with Crippen LogP contribution in [0.4, 0.5) is 0 Å². The second-order valence-electron chi connectivity index (χ2n) is 2.61. The zero-order chi connectivity index (χ0) is 10.3. The SMILES string of the molecule is COCC(C)N(C)C(=NC#N)SC. The van der Waals surface area contributed by atoms with Gasteiger partial charge in [0.1, 0.15) is 0 Å². The van der Waals surface area contributed by atoms with Crippen molar-refractivity contribution in [3.63, 3.8) is 0 Å². The molecule has 0 aromatic carbocycles. The van der Waals surface area contributed by atoms with Crippen molar-refractivity contribution < 1.29 is 4.74 Å². The van der Waals surface area contributed by atoms with Gasteiger partial charge in [0.15, 0.2) is 5.17 Å². The number of amidine groups is 1. The molecule has 13 heavy (non-hydrogen) atoms. The average Bonchev–Trinajstić information content (AvgIpc) is 2.13. The zero-order valence-corrected chi connectivity index (χ0v) is 9.26. The van der Waals surface area contributed by atoms with Crippen LogP contribution in [0.2, 0.25) is 0 Å². The van der Waals surface area contributed by atoms with Gasteiger partial charge in [0.05, 0.1) is 12.6 Å². The lowest BCUT2D eigenvalue weighted by Crippen LogP contribution is -2.36. The monoisotopic (exact) mass is 201 g/mol. The van der Waals surface area contributed by atoms with E-state index in [2.05, 4.69) is 4.99 Å². The molecule has 0 aliphatic heterocycles. The first-order valence-electron chi connectivity index (χ1n) is 3.89. The Kier molecular flexibility index (Phi) is 6.37. The minimum Gasteiger partial charge on any atom is -0.383 e. The molecule has 0 aromatic heterocycles. The van der Waals surface area contributed by atoms with Gasteiger partial charge in [0.2, 0.25) is 6.19 Å². The number of hydrogen-bond donors (Lipinski definition) is 0. The molecular formula is C8H15N3OS. The lowest BCUT2D eigenvalue weighted by Gasteiger charge is -2.25. The number of methoxy groups -OCH3 is 1. The summed E-state index contributed by atoms with van der Waals surface area (Å²) < 4.78 is 5.01. The molecule has 0 aromatic rings. The van der Waals surface area contributed by atoms with E-state index in [1.54, 1.807) is 13.3 Å². The minimum atomic E-state index is 0.226. The highest BCUT2D eigenvalue weighted by Gasteiger charge is 2.12. The molecular weight excluding hydrogens is 186 g/mol. The smallest absolute Gasteiger partial charge is 0.208 e. The first kappa shape index (κ1) is 12.3. The van der Waals surface area contributed by atoms with E-state index in [1.807, 2.05) is 25.1 Å². The maximum absolute atomic E-state index is 8.42. The molecule has 0 radical (unpaired) electrons. The summed E-state index contributed by atoms with van der Waals surface area (Å²) in [4.78, 5) is 5.63. The molecule has 0 saturated carbocycles. The van der Waals surface area contributed by atoms with E-state index in [0.717, 1.165) is 0 Å². The van der Waals surface area contributed by atoms with Crippen molar-refractivity contribution in [2.75, 3.05) is 27.0 Å². The number of ether oxygens (including phenoxy) is 1. The summed E-state index contributed by atoms with van der Waals surface area (Å²) in [5, 5.41) is 9.13. The van der Waals surface area contributed by atoms with Crippen molar-refractivity contribution in [2.45, 2.75) is 13.0 Å². The van der Waals surface area contributed by atoms with E-state index in [4.69, 9.17) is 10.00 Å². The summed E-state index contributed by atoms with van der Waals surface area (Å²) in [7, 11) is 3.56. The van der Waals surface area contributed by atoms with Crippen molar-refractivity contribution in [1.29, 1.82) is 5.26 Å². The standard InChI is InChI=1S/C8H15N3OS/c1-7(5-12-3)11(2)8(13-4)10-6-9/h7H,5H2,1-4H3. The van der Waals surface area contributed by atoms with Gasteiger partial charge in [-0.15, -0.1) is 4.99 Å². The molecule has 1 atom stereocenters. The quantitative estimate of drug-likeness (QED) is 0.390. The molecule has 4 nitrogen and oxygen atoms in total. The average molecular weight is 201 g/mol. The Balaban J connectivity index is 4.29. The van der Waals surface area contributed by atoms with Crippen molar-refractivity contribution in [1.82, 2.24) is 4.90 Å².